The third-order valence-electron chi connectivity index (χ3n) is 11.0. The standard InChI is InChI=1S/3C20H35O2S.CH4.Sn/c3*1-2-3-4-5-6-7-8-9-10-11-12-13-14-15-16-17-20(21)22-18-19-23;;/h3*6-7,9-10H,2-5,8,11-19H2,1H3;1H4;/b3*7-6+,10-9+;;. The molecule has 0 aromatic heterocycles. The number of unbranched alkanes of at least 4 members (excludes halogenated alkanes) is 24. The number of allylic oxidation sites excluding steroid dienone is 12. The molecule has 0 bridgehead atoms. The maximum absolute atomic E-state index is 11.3. The van der Waals surface area contributed by atoms with Crippen LogP contribution >= 0.6 is 37.9 Å². The summed E-state index contributed by atoms with van der Waals surface area (Å²) in [6.07, 6.45) is 68.6. The number of hydrogen-bond donors (Lipinski definition) is 0. The number of rotatable bonds is 48. The molecule has 0 amide bonds. The Morgan fingerprint density at radius 2 is 0.507 bits per heavy atom. The summed E-state index contributed by atoms with van der Waals surface area (Å²) in [6.45, 7) is 7.87. The average Bonchev–Trinajstić information content (AvgIpc) is 3.35. The van der Waals surface area contributed by atoms with Crippen molar-refractivity contribution in [2.45, 2.75) is 259 Å². The molecule has 0 fully saturated rings. The van der Waals surface area contributed by atoms with E-state index in [1.807, 2.05) is 0 Å². The van der Waals surface area contributed by atoms with Crippen LogP contribution in [-0.2, 0) is 28.6 Å². The Morgan fingerprint density at radius 1 is 0.310 bits per heavy atom. The molecule has 10 heteroatoms. The van der Waals surface area contributed by atoms with Gasteiger partial charge in [-0.25, -0.2) is 0 Å². The fraction of sp³-hybridized carbons (Fsp3) is 0.754. The predicted molar refractivity (Wildman–Crippen MR) is 321 cm³/mol. The molecule has 0 aromatic rings. The topological polar surface area (TPSA) is 78.9 Å². The molecule has 0 saturated carbocycles. The van der Waals surface area contributed by atoms with Crippen molar-refractivity contribution in [1.29, 1.82) is 0 Å². The zero-order valence-electron chi connectivity index (χ0n) is 45.3. The van der Waals surface area contributed by atoms with Crippen molar-refractivity contribution >= 4 is 79.7 Å². The van der Waals surface area contributed by atoms with Gasteiger partial charge in [-0.15, -0.1) is 0 Å². The van der Waals surface area contributed by atoms with Gasteiger partial charge in [0.2, 0.25) is 0 Å². The summed E-state index contributed by atoms with van der Waals surface area (Å²) in [5, 5.41) is 0. The Morgan fingerprint density at radius 3 is 0.718 bits per heavy atom. The van der Waals surface area contributed by atoms with Crippen LogP contribution in [0.5, 0.6) is 0 Å². The molecule has 0 spiro atoms. The quantitative estimate of drug-likeness (QED) is 0.0199. The predicted octanol–water partition coefficient (Wildman–Crippen LogP) is 19.9. The SMILES string of the molecule is C.CCCCC/C=C/C/C=C/CCCCCCCC(=O)OCC[S].CCCCC/C=C/C/C=C/CCCCCCCC(=O)OCC[S].CCCCC/C=C/C/C=C/CCCCCCCC(=O)OCC[S].[Sn]. The number of ether oxygens (including phenoxy) is 3. The second-order valence-electron chi connectivity index (χ2n) is 17.7. The first kappa shape index (κ1) is 78.6. The summed E-state index contributed by atoms with van der Waals surface area (Å²) in [4.78, 5) is 33.8. The smallest absolute Gasteiger partial charge is 0.305 e. The summed E-state index contributed by atoms with van der Waals surface area (Å²) in [5.74, 6) is 1.19. The molecule has 0 saturated heterocycles. The zero-order chi connectivity index (χ0) is 51.0. The van der Waals surface area contributed by atoms with Gasteiger partial charge in [0.25, 0.3) is 0 Å². The Hall–Kier alpha value is -1.30. The van der Waals surface area contributed by atoms with Gasteiger partial charge in [-0.2, -0.15) is 0 Å². The Bertz CT molecular complexity index is 1090. The van der Waals surface area contributed by atoms with Crippen molar-refractivity contribution in [2.75, 3.05) is 37.1 Å². The van der Waals surface area contributed by atoms with Crippen LogP contribution in [0.25, 0.3) is 0 Å². The molecular weight excluding hydrogens is 1040 g/mol. The molecule has 0 aliphatic heterocycles. The largest absolute Gasteiger partial charge is 0.465 e. The summed E-state index contributed by atoms with van der Waals surface area (Å²) in [6, 6.07) is 0. The second-order valence-corrected chi connectivity index (χ2v) is 18.9. The molecule has 0 aliphatic carbocycles. The second kappa shape index (κ2) is 75.2. The molecule has 411 valence electrons. The van der Waals surface area contributed by atoms with Crippen molar-refractivity contribution < 1.29 is 28.6 Å². The van der Waals surface area contributed by atoms with E-state index in [1.54, 1.807) is 0 Å². The van der Waals surface area contributed by atoms with Gasteiger partial charge in [-0.3, -0.25) is 14.4 Å². The van der Waals surface area contributed by atoms with E-state index >= 15 is 0 Å². The Balaban J connectivity index is -0.000000302. The van der Waals surface area contributed by atoms with E-state index in [9.17, 15) is 14.4 Å². The fourth-order valence-electron chi connectivity index (χ4n) is 6.93. The van der Waals surface area contributed by atoms with E-state index in [4.69, 9.17) is 52.1 Å². The third-order valence-corrected chi connectivity index (χ3v) is 11.5. The molecule has 0 rings (SSSR count). The van der Waals surface area contributed by atoms with Crippen LogP contribution in [-0.4, -0.2) is 78.9 Å². The van der Waals surface area contributed by atoms with Gasteiger partial charge in [0.15, 0.2) is 0 Å². The van der Waals surface area contributed by atoms with E-state index in [0.29, 0.717) is 56.3 Å². The molecule has 71 heavy (non-hydrogen) atoms. The third kappa shape index (κ3) is 80.3. The van der Waals surface area contributed by atoms with Crippen LogP contribution in [0, 0.1) is 0 Å². The number of carbonyl (C=O) groups is 3. The van der Waals surface area contributed by atoms with Crippen molar-refractivity contribution in [1.82, 2.24) is 0 Å². The van der Waals surface area contributed by atoms with Crippen molar-refractivity contribution in [3.8, 4) is 0 Å². The molecule has 7 radical (unpaired) electrons. The van der Waals surface area contributed by atoms with Crippen molar-refractivity contribution in [3.05, 3.63) is 72.9 Å². The molecule has 0 atom stereocenters. The summed E-state index contributed by atoms with van der Waals surface area (Å²) < 4.78 is 14.9. The number of carbonyl (C=O) groups excluding carboxylic acids is 3. The van der Waals surface area contributed by atoms with Crippen LogP contribution in [0.4, 0.5) is 0 Å². The van der Waals surface area contributed by atoms with Crippen LogP contribution in [0.15, 0.2) is 72.9 Å². The molecule has 6 nitrogen and oxygen atoms in total. The summed E-state index contributed by atoms with van der Waals surface area (Å²) >= 11 is 14.2. The molecule has 0 heterocycles. The van der Waals surface area contributed by atoms with Gasteiger partial charge in [0, 0.05) is 60.4 Å². The normalized spacial score (nSPS) is 11.2. The van der Waals surface area contributed by atoms with E-state index in [2.05, 4.69) is 93.7 Å². The maximum Gasteiger partial charge on any atom is 0.305 e. The van der Waals surface area contributed by atoms with Gasteiger partial charge in [-0.1, -0.05) is 235 Å². The van der Waals surface area contributed by atoms with Crippen LogP contribution in [0.2, 0.25) is 0 Å². The van der Waals surface area contributed by atoms with Crippen molar-refractivity contribution in [2.24, 2.45) is 0 Å². The number of esters is 3. The van der Waals surface area contributed by atoms with Gasteiger partial charge < -0.3 is 14.2 Å². The first-order valence-electron chi connectivity index (χ1n) is 28.0. The molecule has 0 unspecified atom stereocenters. The maximum atomic E-state index is 11.3. The van der Waals surface area contributed by atoms with E-state index in [-0.39, 0.29) is 49.2 Å². The first-order chi connectivity index (χ1) is 33.9. The minimum atomic E-state index is -0.0967. The van der Waals surface area contributed by atoms with E-state index in [1.165, 1.54) is 154 Å². The van der Waals surface area contributed by atoms with Gasteiger partial charge >= 0.3 is 17.9 Å². The Labute approximate surface area is 474 Å². The Kier molecular flexibility index (Phi) is 83.3. The van der Waals surface area contributed by atoms with Crippen molar-refractivity contribution in [3.63, 3.8) is 0 Å². The zero-order valence-corrected chi connectivity index (χ0v) is 50.6. The summed E-state index contributed by atoms with van der Waals surface area (Å²) in [7, 11) is 0. The minimum absolute atomic E-state index is 0. The minimum Gasteiger partial charge on any atom is -0.465 e. The van der Waals surface area contributed by atoms with E-state index < -0.39 is 0 Å². The van der Waals surface area contributed by atoms with Gasteiger partial charge in [0.05, 0.1) is 0 Å². The molecule has 0 aromatic carbocycles. The van der Waals surface area contributed by atoms with E-state index in [0.717, 1.165) is 57.8 Å². The molecule has 0 N–H and O–H groups in total. The molecular formula is C61H109O6S3Sn. The molecule has 0 aliphatic rings. The van der Waals surface area contributed by atoms with Gasteiger partial charge in [0.1, 0.15) is 19.8 Å². The first-order valence-corrected chi connectivity index (χ1v) is 29.8. The van der Waals surface area contributed by atoms with Crippen LogP contribution in [0.3, 0.4) is 0 Å². The summed E-state index contributed by atoms with van der Waals surface area (Å²) in [5.41, 5.74) is 0. The van der Waals surface area contributed by atoms with Gasteiger partial charge in [-0.05, 0) is 116 Å². The van der Waals surface area contributed by atoms with Crippen LogP contribution < -0.4 is 0 Å². The fourth-order valence-corrected chi connectivity index (χ4v) is 7.18. The van der Waals surface area contributed by atoms with Crippen LogP contribution in [0.1, 0.15) is 259 Å². The number of hydrogen-bond acceptors (Lipinski definition) is 6. The average molecular weight is 1150 g/mol. The monoisotopic (exact) mass is 1150 g/mol.